The van der Waals surface area contributed by atoms with Crippen molar-refractivity contribution in [3.63, 3.8) is 0 Å². The highest BCUT2D eigenvalue weighted by molar-refractivity contribution is 7.99. The van der Waals surface area contributed by atoms with Gasteiger partial charge < -0.3 is 4.74 Å². The van der Waals surface area contributed by atoms with Gasteiger partial charge in [-0.1, -0.05) is 6.92 Å². The lowest BCUT2D eigenvalue weighted by molar-refractivity contribution is -0.131. The Bertz CT molecular complexity index is 156. The highest BCUT2D eigenvalue weighted by Gasteiger charge is 2.31. The van der Waals surface area contributed by atoms with Crippen LogP contribution in [-0.4, -0.2) is 29.6 Å². The molecule has 3 nitrogen and oxygen atoms in total. The Morgan fingerprint density at radius 3 is 2.67 bits per heavy atom. The molecule has 0 rings (SSSR count). The molecule has 0 fully saturated rings. The lowest BCUT2D eigenvalue weighted by Crippen LogP contribution is -2.48. The largest absolute Gasteiger partial charge is 0.355 e. The molecule has 0 aliphatic rings. The summed E-state index contributed by atoms with van der Waals surface area (Å²) >= 11 is 6.96. The first-order chi connectivity index (χ1) is 5.56. The monoisotopic (exact) mass is 211 g/mol. The molecule has 0 aliphatic carbocycles. The molecule has 0 spiro atoms. The zero-order valence-corrected chi connectivity index (χ0v) is 8.87. The number of rotatable bonds is 6. The Morgan fingerprint density at radius 2 is 2.33 bits per heavy atom. The smallest absolute Gasteiger partial charge is 0.268 e. The predicted octanol–water partition coefficient (Wildman–Crippen LogP) is 1.20. The first-order valence-electron chi connectivity index (χ1n) is 3.68. The summed E-state index contributed by atoms with van der Waals surface area (Å²) in [5, 5.41) is -0.637. The third-order valence-electron chi connectivity index (χ3n) is 1.52. The normalized spacial score (nSPS) is 15.7. The molecule has 0 bridgehead atoms. The third kappa shape index (κ3) is 3.76. The molecule has 0 radical (unpaired) electrons. The van der Waals surface area contributed by atoms with E-state index in [-0.39, 0.29) is 0 Å². The number of hydrogen-bond acceptors (Lipinski definition) is 4. The maximum absolute atomic E-state index is 10.8. The third-order valence-corrected chi connectivity index (χ3v) is 2.74. The van der Waals surface area contributed by atoms with E-state index >= 15 is 0 Å². The summed E-state index contributed by atoms with van der Waals surface area (Å²) in [5.41, 5.74) is 4.26. The van der Waals surface area contributed by atoms with Crippen LogP contribution in [0.25, 0.3) is 0 Å². The van der Waals surface area contributed by atoms with Gasteiger partial charge in [-0.25, -0.2) is 0 Å². The predicted molar refractivity (Wildman–Crippen MR) is 52.4 cm³/mol. The number of thioether (sulfide) groups is 1. The lowest BCUT2D eigenvalue weighted by atomic mass is 10.2. The first kappa shape index (κ1) is 12.2. The Kier molecular flexibility index (Phi) is 5.92. The van der Waals surface area contributed by atoms with Crippen molar-refractivity contribution >= 4 is 28.6 Å². The van der Waals surface area contributed by atoms with Crippen LogP contribution in [0.4, 0.5) is 0 Å². The van der Waals surface area contributed by atoms with Crippen LogP contribution in [0.1, 0.15) is 13.3 Å². The molecule has 1 atom stereocenters. The molecule has 0 saturated heterocycles. The van der Waals surface area contributed by atoms with Crippen LogP contribution in [0.3, 0.4) is 0 Å². The molecule has 12 heavy (non-hydrogen) atoms. The van der Waals surface area contributed by atoms with Crippen LogP contribution in [0.15, 0.2) is 0 Å². The van der Waals surface area contributed by atoms with Crippen molar-refractivity contribution in [3.05, 3.63) is 0 Å². The summed E-state index contributed by atoms with van der Waals surface area (Å²) in [5.74, 6) is 1.77. The molecule has 0 unspecified atom stereocenters. The molecule has 2 N–H and O–H groups in total. The van der Waals surface area contributed by atoms with Crippen LogP contribution in [-0.2, 0) is 9.53 Å². The molecule has 0 heterocycles. The van der Waals surface area contributed by atoms with Crippen molar-refractivity contribution in [2.75, 3.05) is 18.6 Å². The summed E-state index contributed by atoms with van der Waals surface area (Å²) in [6.07, 6.45) is 0.449. The van der Waals surface area contributed by atoms with E-state index in [0.717, 1.165) is 11.5 Å². The maximum atomic E-state index is 10.8. The molecule has 0 saturated carbocycles. The van der Waals surface area contributed by atoms with E-state index in [1.54, 1.807) is 11.8 Å². The average molecular weight is 212 g/mol. The number of methoxy groups -OCH3 is 1. The number of carbonyl (C=O) groups excluding carboxylic acids is 1. The van der Waals surface area contributed by atoms with Crippen LogP contribution >= 0.6 is 23.4 Å². The lowest BCUT2D eigenvalue weighted by Gasteiger charge is -2.22. The van der Waals surface area contributed by atoms with E-state index < -0.39 is 11.0 Å². The quantitative estimate of drug-likeness (QED) is 0.408. The summed E-state index contributed by atoms with van der Waals surface area (Å²) in [6, 6.07) is 0. The van der Waals surface area contributed by atoms with E-state index in [9.17, 15) is 4.79 Å². The van der Waals surface area contributed by atoms with Crippen molar-refractivity contribution < 1.29 is 9.53 Å². The zero-order chi connectivity index (χ0) is 9.61. The summed E-state index contributed by atoms with van der Waals surface area (Å²) in [4.78, 5) is 10.8. The summed E-state index contributed by atoms with van der Waals surface area (Å²) in [7, 11) is 1.39. The number of carbonyl (C=O) groups is 1. The fraction of sp³-hybridized carbons (Fsp3) is 0.857. The fourth-order valence-electron chi connectivity index (χ4n) is 0.649. The number of halogens is 1. The molecule has 5 heteroatoms. The fourth-order valence-corrected chi connectivity index (χ4v) is 1.56. The van der Waals surface area contributed by atoms with E-state index in [4.69, 9.17) is 22.1 Å². The Labute approximate surface area is 82.0 Å². The Hall–Kier alpha value is 0.230. The van der Waals surface area contributed by atoms with Gasteiger partial charge in [-0.05, 0) is 23.1 Å². The number of nitrogens with two attached hydrogens (primary N) is 1. The van der Waals surface area contributed by atoms with Crippen LogP contribution in [0.5, 0.6) is 0 Å². The first-order valence-corrected chi connectivity index (χ1v) is 5.21. The topological polar surface area (TPSA) is 52.3 Å². The number of ether oxygens (including phenoxy) is 1. The van der Waals surface area contributed by atoms with Crippen molar-refractivity contribution in [2.24, 2.45) is 5.73 Å². The van der Waals surface area contributed by atoms with Crippen LogP contribution in [0, 0.1) is 0 Å². The van der Waals surface area contributed by atoms with E-state index in [0.29, 0.717) is 6.42 Å². The van der Waals surface area contributed by atoms with Gasteiger partial charge in [-0.3, -0.25) is 10.5 Å². The Morgan fingerprint density at radius 1 is 1.75 bits per heavy atom. The molecular formula is C7H14ClNO2S. The van der Waals surface area contributed by atoms with Crippen molar-refractivity contribution in [1.82, 2.24) is 0 Å². The molecule has 0 aromatic rings. The summed E-state index contributed by atoms with van der Waals surface area (Å²) in [6.45, 7) is 2.04. The van der Waals surface area contributed by atoms with Gasteiger partial charge in [0.05, 0.1) is 0 Å². The molecule has 0 aromatic carbocycles. The SMILES string of the molecule is CCSCC[C@@](N)(OC)C(=O)Cl. The van der Waals surface area contributed by atoms with Crippen molar-refractivity contribution in [1.29, 1.82) is 0 Å². The van der Waals surface area contributed by atoms with Crippen molar-refractivity contribution in [3.8, 4) is 0 Å². The zero-order valence-electron chi connectivity index (χ0n) is 7.30. The second-order valence-electron chi connectivity index (χ2n) is 2.31. The highest BCUT2D eigenvalue weighted by Crippen LogP contribution is 2.15. The van der Waals surface area contributed by atoms with Gasteiger partial charge in [-0.2, -0.15) is 11.8 Å². The highest BCUT2D eigenvalue weighted by atomic mass is 35.5. The number of hydrogen-bond donors (Lipinski definition) is 1. The van der Waals surface area contributed by atoms with Crippen LogP contribution in [0.2, 0.25) is 0 Å². The Balaban J connectivity index is 3.88. The van der Waals surface area contributed by atoms with Gasteiger partial charge in [0.1, 0.15) is 0 Å². The van der Waals surface area contributed by atoms with Crippen molar-refractivity contribution in [2.45, 2.75) is 19.1 Å². The molecule has 0 amide bonds. The molecule has 0 aromatic heterocycles. The van der Waals surface area contributed by atoms with E-state index in [2.05, 4.69) is 0 Å². The second-order valence-corrected chi connectivity index (χ2v) is 4.05. The average Bonchev–Trinajstić information content (AvgIpc) is 2.04. The maximum Gasteiger partial charge on any atom is 0.268 e. The molecule has 72 valence electrons. The van der Waals surface area contributed by atoms with Crippen LogP contribution < -0.4 is 5.73 Å². The minimum Gasteiger partial charge on any atom is -0.355 e. The molecular weight excluding hydrogens is 198 g/mol. The van der Waals surface area contributed by atoms with Gasteiger partial charge in [0, 0.05) is 13.5 Å². The molecule has 0 aliphatic heterocycles. The van der Waals surface area contributed by atoms with Gasteiger partial charge in [0.15, 0.2) is 5.72 Å². The second kappa shape index (κ2) is 5.80. The minimum atomic E-state index is -1.30. The van der Waals surface area contributed by atoms with Gasteiger partial charge >= 0.3 is 0 Å². The summed E-state index contributed by atoms with van der Waals surface area (Å²) < 4.78 is 4.83. The van der Waals surface area contributed by atoms with E-state index in [1.807, 2.05) is 6.92 Å². The minimum absolute atomic E-state index is 0.449. The standard InChI is InChI=1S/C7H14ClNO2S/c1-3-12-5-4-7(9,11-2)6(8)10/h3-5,9H2,1-2H3/t7-/m1/s1. The van der Waals surface area contributed by atoms with E-state index in [1.165, 1.54) is 7.11 Å². The van der Waals surface area contributed by atoms with Gasteiger partial charge in [-0.15, -0.1) is 0 Å². The van der Waals surface area contributed by atoms with Gasteiger partial charge in [0.2, 0.25) is 0 Å². The van der Waals surface area contributed by atoms with Gasteiger partial charge in [0.25, 0.3) is 5.24 Å².